The van der Waals surface area contributed by atoms with Gasteiger partial charge in [0.2, 0.25) is 0 Å². The molecule has 1 unspecified atom stereocenters. The van der Waals surface area contributed by atoms with Crippen LogP contribution in [0.25, 0.3) is 0 Å². The molecular weight excluding hydrogens is 522 g/mol. The van der Waals surface area contributed by atoms with Gasteiger partial charge in [-0.05, 0) is 66.8 Å². The van der Waals surface area contributed by atoms with Gasteiger partial charge in [0.15, 0.2) is 11.5 Å². The second kappa shape index (κ2) is 13.2. The predicted octanol–water partition coefficient (Wildman–Crippen LogP) is 6.87. The fourth-order valence-corrected chi connectivity index (χ4v) is 5.26. The number of nitro benzene ring substituents is 1. The summed E-state index contributed by atoms with van der Waals surface area (Å²) in [5, 5.41) is 21.7. The van der Waals surface area contributed by atoms with Gasteiger partial charge in [0.1, 0.15) is 11.5 Å². The monoisotopic (exact) mass is 557 g/mol. The van der Waals surface area contributed by atoms with Gasteiger partial charge in [0.25, 0.3) is 5.69 Å². The topological polar surface area (TPSA) is 100 Å². The standard InChI is InChI=1S/C33H35NO7/c1-23(35)29-21-31(40-4)32(22-30(29)34(36)37)41-20-8-19-33(24-9-6-5-7-10-24,25-11-15-27(38-2)16-12-25)26-13-17-28(39-3)18-14-26/h5-7,9-18,21-23,35H,8,19-20H2,1-4H3. The molecule has 41 heavy (non-hydrogen) atoms. The van der Waals surface area contributed by atoms with E-state index in [1.807, 2.05) is 42.5 Å². The predicted molar refractivity (Wildman–Crippen MR) is 157 cm³/mol. The molecule has 0 amide bonds. The van der Waals surface area contributed by atoms with Crippen molar-refractivity contribution in [1.82, 2.24) is 0 Å². The maximum Gasteiger partial charge on any atom is 0.279 e. The summed E-state index contributed by atoms with van der Waals surface area (Å²) < 4.78 is 22.4. The first-order valence-corrected chi connectivity index (χ1v) is 13.4. The third kappa shape index (κ3) is 6.28. The summed E-state index contributed by atoms with van der Waals surface area (Å²) in [6.45, 7) is 1.76. The van der Waals surface area contributed by atoms with E-state index < -0.39 is 16.4 Å². The second-order valence-corrected chi connectivity index (χ2v) is 9.68. The molecule has 0 fully saturated rings. The molecule has 0 radical (unpaired) electrons. The van der Waals surface area contributed by atoms with Gasteiger partial charge >= 0.3 is 0 Å². The number of hydrogen-bond acceptors (Lipinski definition) is 7. The van der Waals surface area contributed by atoms with Crippen molar-refractivity contribution in [2.24, 2.45) is 0 Å². The van der Waals surface area contributed by atoms with Crippen LogP contribution in [0.5, 0.6) is 23.0 Å². The lowest BCUT2D eigenvalue weighted by Gasteiger charge is -2.36. The minimum atomic E-state index is -1.03. The molecule has 0 heterocycles. The summed E-state index contributed by atoms with van der Waals surface area (Å²) >= 11 is 0. The number of nitro groups is 1. The first-order chi connectivity index (χ1) is 19.8. The van der Waals surface area contributed by atoms with E-state index in [9.17, 15) is 15.2 Å². The van der Waals surface area contributed by atoms with E-state index in [0.717, 1.165) is 28.2 Å². The van der Waals surface area contributed by atoms with E-state index in [1.165, 1.54) is 26.2 Å². The van der Waals surface area contributed by atoms with Crippen molar-refractivity contribution in [3.63, 3.8) is 0 Å². The third-order valence-electron chi connectivity index (χ3n) is 7.35. The Kier molecular flexibility index (Phi) is 9.47. The Morgan fingerprint density at radius 3 is 1.78 bits per heavy atom. The second-order valence-electron chi connectivity index (χ2n) is 9.68. The lowest BCUT2D eigenvalue weighted by molar-refractivity contribution is -0.386. The SMILES string of the molecule is COc1ccc(C(CCCOc2cc([N+](=O)[O-])c(C(C)O)cc2OC)(c2ccccc2)c2ccc(OC)cc2)cc1. The molecule has 0 bridgehead atoms. The van der Waals surface area contributed by atoms with Crippen LogP contribution in [0, 0.1) is 10.1 Å². The van der Waals surface area contributed by atoms with Crippen molar-refractivity contribution in [3.8, 4) is 23.0 Å². The third-order valence-corrected chi connectivity index (χ3v) is 7.35. The highest BCUT2D eigenvalue weighted by molar-refractivity contribution is 5.55. The summed E-state index contributed by atoms with van der Waals surface area (Å²) in [5.41, 5.74) is 2.71. The van der Waals surface area contributed by atoms with Gasteiger partial charge in [0, 0.05) is 5.41 Å². The Hall–Kier alpha value is -4.56. The van der Waals surface area contributed by atoms with Crippen LogP contribution in [-0.4, -0.2) is 38.0 Å². The Morgan fingerprint density at radius 2 is 1.32 bits per heavy atom. The highest BCUT2D eigenvalue weighted by Crippen LogP contribution is 2.44. The number of ether oxygens (including phenoxy) is 4. The van der Waals surface area contributed by atoms with Crippen molar-refractivity contribution in [2.75, 3.05) is 27.9 Å². The summed E-state index contributed by atoms with van der Waals surface area (Å²) in [6.07, 6.45) is 0.257. The quantitative estimate of drug-likeness (QED) is 0.0829. The molecule has 0 saturated heterocycles. The molecule has 1 atom stereocenters. The summed E-state index contributed by atoms with van der Waals surface area (Å²) in [6, 6.07) is 29.2. The largest absolute Gasteiger partial charge is 0.497 e. The minimum Gasteiger partial charge on any atom is -0.497 e. The zero-order valence-electron chi connectivity index (χ0n) is 23.7. The summed E-state index contributed by atoms with van der Waals surface area (Å²) in [7, 11) is 4.76. The van der Waals surface area contributed by atoms with E-state index in [4.69, 9.17) is 18.9 Å². The zero-order valence-corrected chi connectivity index (χ0v) is 23.7. The molecule has 4 aromatic carbocycles. The molecule has 0 aliphatic heterocycles. The lowest BCUT2D eigenvalue weighted by Crippen LogP contribution is -2.30. The molecule has 214 valence electrons. The van der Waals surface area contributed by atoms with Crippen molar-refractivity contribution >= 4 is 5.69 Å². The van der Waals surface area contributed by atoms with Gasteiger partial charge in [-0.25, -0.2) is 0 Å². The number of hydrogen-bond donors (Lipinski definition) is 1. The van der Waals surface area contributed by atoms with Crippen LogP contribution in [0.4, 0.5) is 5.69 Å². The molecule has 8 nitrogen and oxygen atoms in total. The summed E-state index contributed by atoms with van der Waals surface area (Å²) in [4.78, 5) is 11.2. The van der Waals surface area contributed by atoms with E-state index in [1.54, 1.807) is 14.2 Å². The first-order valence-electron chi connectivity index (χ1n) is 13.4. The molecule has 4 aromatic rings. The minimum absolute atomic E-state index is 0.168. The van der Waals surface area contributed by atoms with Crippen molar-refractivity contribution < 1.29 is 29.0 Å². The summed E-state index contributed by atoms with van der Waals surface area (Å²) in [5.74, 6) is 2.11. The lowest BCUT2D eigenvalue weighted by atomic mass is 9.67. The van der Waals surface area contributed by atoms with Crippen LogP contribution in [0.15, 0.2) is 91.0 Å². The van der Waals surface area contributed by atoms with Crippen molar-refractivity contribution in [1.29, 1.82) is 0 Å². The number of aliphatic hydroxyl groups is 1. The first kappa shape index (κ1) is 29.4. The average molecular weight is 558 g/mol. The Bertz CT molecular complexity index is 1390. The van der Waals surface area contributed by atoms with Gasteiger partial charge < -0.3 is 24.1 Å². The van der Waals surface area contributed by atoms with Gasteiger partial charge in [-0.15, -0.1) is 0 Å². The number of methoxy groups -OCH3 is 3. The van der Waals surface area contributed by atoms with Crippen LogP contribution in [-0.2, 0) is 5.41 Å². The maximum absolute atomic E-state index is 11.7. The molecule has 8 heteroatoms. The molecule has 0 aliphatic carbocycles. The van der Waals surface area contributed by atoms with E-state index in [0.29, 0.717) is 18.6 Å². The van der Waals surface area contributed by atoms with Crippen molar-refractivity contribution in [2.45, 2.75) is 31.3 Å². The van der Waals surface area contributed by atoms with Crippen LogP contribution in [0.3, 0.4) is 0 Å². The van der Waals surface area contributed by atoms with Crippen LogP contribution in [0.1, 0.15) is 48.1 Å². The fourth-order valence-electron chi connectivity index (χ4n) is 5.26. The van der Waals surface area contributed by atoms with Gasteiger partial charge in [-0.2, -0.15) is 0 Å². The van der Waals surface area contributed by atoms with E-state index in [-0.39, 0.29) is 23.6 Å². The number of nitrogens with zero attached hydrogens (tertiary/aromatic N) is 1. The molecule has 4 rings (SSSR count). The smallest absolute Gasteiger partial charge is 0.279 e. The maximum atomic E-state index is 11.7. The fraction of sp³-hybridized carbons (Fsp3) is 0.273. The molecule has 1 N–H and O–H groups in total. The number of rotatable bonds is 13. The van der Waals surface area contributed by atoms with Crippen LogP contribution >= 0.6 is 0 Å². The van der Waals surface area contributed by atoms with Gasteiger partial charge in [-0.1, -0.05) is 54.6 Å². The molecule has 0 aromatic heterocycles. The number of aliphatic hydroxyl groups excluding tert-OH is 1. The molecular formula is C33H35NO7. The van der Waals surface area contributed by atoms with E-state index >= 15 is 0 Å². The molecule has 0 spiro atoms. The van der Waals surface area contributed by atoms with Gasteiger partial charge in [0.05, 0.1) is 50.6 Å². The molecule has 0 saturated carbocycles. The van der Waals surface area contributed by atoms with Crippen LogP contribution in [0.2, 0.25) is 0 Å². The average Bonchev–Trinajstić information content (AvgIpc) is 3.01. The Morgan fingerprint density at radius 1 is 0.780 bits per heavy atom. The van der Waals surface area contributed by atoms with Crippen molar-refractivity contribution in [3.05, 3.63) is 123 Å². The van der Waals surface area contributed by atoms with Crippen LogP contribution < -0.4 is 18.9 Å². The Balaban J connectivity index is 1.71. The highest BCUT2D eigenvalue weighted by atomic mass is 16.6. The molecule has 0 aliphatic rings. The van der Waals surface area contributed by atoms with Gasteiger partial charge in [-0.3, -0.25) is 10.1 Å². The highest BCUT2D eigenvalue weighted by Gasteiger charge is 2.36. The normalized spacial score (nSPS) is 11.9. The van der Waals surface area contributed by atoms with E-state index in [2.05, 4.69) is 36.4 Å². The Labute approximate surface area is 240 Å². The number of benzene rings is 4. The zero-order chi connectivity index (χ0) is 29.4.